The van der Waals surface area contributed by atoms with Crippen molar-refractivity contribution in [2.75, 3.05) is 0 Å². The van der Waals surface area contributed by atoms with Crippen molar-refractivity contribution in [1.29, 1.82) is 0 Å². The van der Waals surface area contributed by atoms with E-state index in [1.54, 1.807) is 12.1 Å². The van der Waals surface area contributed by atoms with Crippen LogP contribution in [0.5, 0.6) is 0 Å². The van der Waals surface area contributed by atoms with Crippen molar-refractivity contribution in [3.63, 3.8) is 0 Å². The summed E-state index contributed by atoms with van der Waals surface area (Å²) >= 11 is 0. The molecule has 4 rings (SSSR count). The van der Waals surface area contributed by atoms with E-state index in [0.717, 1.165) is 12.1 Å². The van der Waals surface area contributed by atoms with E-state index >= 15 is 0 Å². The van der Waals surface area contributed by atoms with Crippen molar-refractivity contribution in [1.82, 2.24) is 0 Å². The standard InChI is InChI=1S/C20H10F6.C2H6/c21-19(22,23)17-5-1-3-11-13-7-10-16-12(14(13)8-9-15(11)17)4-2-6-18(16)20(24,25)26;1-2/h1-10H;1-2H3. The SMILES string of the molecule is CC.FC(F)(F)c1cccc2c1ccc1c3cccc(C(F)(F)F)c3ccc21. The molecular weight excluding hydrogens is 378 g/mol. The first-order valence-corrected chi connectivity index (χ1v) is 8.69. The summed E-state index contributed by atoms with van der Waals surface area (Å²) in [5.41, 5.74) is -1.53. The van der Waals surface area contributed by atoms with Crippen LogP contribution in [0.15, 0.2) is 60.7 Å². The van der Waals surface area contributed by atoms with Crippen LogP contribution >= 0.6 is 0 Å². The number of benzene rings is 4. The zero-order chi connectivity index (χ0) is 20.7. The van der Waals surface area contributed by atoms with Gasteiger partial charge in [-0.3, -0.25) is 0 Å². The Morgan fingerprint density at radius 2 is 0.714 bits per heavy atom. The molecule has 0 aliphatic carbocycles. The molecule has 0 unspecified atom stereocenters. The highest BCUT2D eigenvalue weighted by Gasteiger charge is 2.33. The molecule has 0 atom stereocenters. The highest BCUT2D eigenvalue weighted by Crippen LogP contribution is 2.41. The Hall–Kier alpha value is -2.76. The summed E-state index contributed by atoms with van der Waals surface area (Å²) in [4.78, 5) is 0. The molecule has 4 aromatic carbocycles. The average molecular weight is 394 g/mol. The number of hydrogen-bond acceptors (Lipinski definition) is 0. The molecule has 0 heterocycles. The Morgan fingerprint density at radius 3 is 1.04 bits per heavy atom. The molecule has 0 N–H and O–H groups in total. The number of alkyl halides is 6. The van der Waals surface area contributed by atoms with Crippen LogP contribution in [0.3, 0.4) is 0 Å². The Bertz CT molecular complexity index is 1060. The van der Waals surface area contributed by atoms with Crippen LogP contribution in [0.2, 0.25) is 0 Å². The van der Waals surface area contributed by atoms with Crippen LogP contribution in [-0.2, 0) is 12.4 Å². The lowest BCUT2D eigenvalue weighted by atomic mass is 9.93. The molecule has 4 aromatic rings. The Morgan fingerprint density at radius 1 is 0.429 bits per heavy atom. The minimum atomic E-state index is -4.51. The van der Waals surface area contributed by atoms with Crippen molar-refractivity contribution in [3.8, 4) is 0 Å². The fourth-order valence-electron chi connectivity index (χ4n) is 3.44. The van der Waals surface area contributed by atoms with Gasteiger partial charge in [-0.05, 0) is 44.5 Å². The quantitative estimate of drug-likeness (QED) is 0.208. The molecule has 28 heavy (non-hydrogen) atoms. The second-order valence-corrected chi connectivity index (χ2v) is 6.02. The van der Waals surface area contributed by atoms with Gasteiger partial charge < -0.3 is 0 Å². The van der Waals surface area contributed by atoms with Gasteiger partial charge in [-0.1, -0.05) is 62.4 Å². The van der Waals surface area contributed by atoms with Crippen LogP contribution in [0.1, 0.15) is 25.0 Å². The Balaban J connectivity index is 0.00000109. The normalized spacial score (nSPS) is 12.3. The first kappa shape index (κ1) is 20.0. The van der Waals surface area contributed by atoms with Crippen molar-refractivity contribution in [2.45, 2.75) is 26.2 Å². The molecule has 0 nitrogen and oxygen atoms in total. The lowest BCUT2D eigenvalue weighted by Crippen LogP contribution is -2.06. The lowest BCUT2D eigenvalue weighted by molar-refractivity contribution is -0.137. The summed E-state index contributed by atoms with van der Waals surface area (Å²) in [7, 11) is 0. The summed E-state index contributed by atoms with van der Waals surface area (Å²) in [6, 6.07) is 13.2. The fraction of sp³-hybridized carbons (Fsp3) is 0.182. The van der Waals surface area contributed by atoms with Gasteiger partial charge in [0.2, 0.25) is 0 Å². The summed E-state index contributed by atoms with van der Waals surface area (Å²) in [6.07, 6.45) is -9.01. The first-order valence-electron chi connectivity index (χ1n) is 8.69. The van der Waals surface area contributed by atoms with Gasteiger partial charge in [0.1, 0.15) is 0 Å². The van der Waals surface area contributed by atoms with E-state index in [2.05, 4.69) is 0 Å². The highest BCUT2D eigenvalue weighted by atomic mass is 19.4. The molecule has 0 saturated heterocycles. The number of halogens is 6. The lowest BCUT2D eigenvalue weighted by Gasteiger charge is -2.15. The van der Waals surface area contributed by atoms with Gasteiger partial charge in [0.25, 0.3) is 0 Å². The molecular formula is C22H16F6. The summed E-state index contributed by atoms with van der Waals surface area (Å²) < 4.78 is 79.4. The third kappa shape index (κ3) is 3.28. The Kier molecular flexibility index (Phi) is 5.00. The van der Waals surface area contributed by atoms with Gasteiger partial charge >= 0.3 is 12.4 Å². The smallest absolute Gasteiger partial charge is 0.166 e. The largest absolute Gasteiger partial charge is 0.417 e. The molecule has 0 saturated carbocycles. The maximum atomic E-state index is 13.2. The minimum Gasteiger partial charge on any atom is -0.166 e. The predicted octanol–water partition coefficient (Wildman–Crippen LogP) is 8.21. The summed E-state index contributed by atoms with van der Waals surface area (Å²) in [5, 5.41) is 1.74. The van der Waals surface area contributed by atoms with Crippen molar-refractivity contribution < 1.29 is 26.3 Å². The van der Waals surface area contributed by atoms with Gasteiger partial charge in [0, 0.05) is 0 Å². The maximum Gasteiger partial charge on any atom is 0.417 e. The third-order valence-corrected chi connectivity index (χ3v) is 4.53. The van der Waals surface area contributed by atoms with Gasteiger partial charge in [-0.15, -0.1) is 0 Å². The van der Waals surface area contributed by atoms with E-state index in [1.165, 1.54) is 36.4 Å². The van der Waals surface area contributed by atoms with Crippen molar-refractivity contribution >= 4 is 32.3 Å². The monoisotopic (exact) mass is 394 g/mol. The number of fused-ring (bicyclic) bond motifs is 5. The van der Waals surface area contributed by atoms with E-state index < -0.39 is 23.5 Å². The maximum absolute atomic E-state index is 13.2. The number of rotatable bonds is 0. The highest BCUT2D eigenvalue weighted by molar-refractivity contribution is 6.18. The average Bonchev–Trinajstić information content (AvgIpc) is 2.66. The van der Waals surface area contributed by atoms with E-state index in [1.807, 2.05) is 13.8 Å². The van der Waals surface area contributed by atoms with E-state index in [0.29, 0.717) is 21.5 Å². The zero-order valence-corrected chi connectivity index (χ0v) is 15.0. The third-order valence-electron chi connectivity index (χ3n) is 4.53. The van der Waals surface area contributed by atoms with Crippen LogP contribution < -0.4 is 0 Å². The van der Waals surface area contributed by atoms with E-state index in [-0.39, 0.29) is 10.8 Å². The second-order valence-electron chi connectivity index (χ2n) is 6.02. The van der Waals surface area contributed by atoms with Crippen molar-refractivity contribution in [2.24, 2.45) is 0 Å². The molecule has 0 bridgehead atoms. The van der Waals surface area contributed by atoms with Crippen LogP contribution in [0.25, 0.3) is 32.3 Å². The molecule has 0 amide bonds. The summed E-state index contributed by atoms with van der Waals surface area (Å²) in [5.74, 6) is 0. The van der Waals surface area contributed by atoms with Crippen LogP contribution in [0.4, 0.5) is 26.3 Å². The van der Waals surface area contributed by atoms with Crippen LogP contribution in [0, 0.1) is 0 Å². The van der Waals surface area contributed by atoms with Gasteiger partial charge in [-0.25, -0.2) is 0 Å². The van der Waals surface area contributed by atoms with E-state index in [9.17, 15) is 26.3 Å². The Labute approximate surface area is 157 Å². The molecule has 0 aliphatic heterocycles. The minimum absolute atomic E-state index is 0.0267. The topological polar surface area (TPSA) is 0 Å². The molecule has 0 aliphatic rings. The van der Waals surface area contributed by atoms with Gasteiger partial charge in [-0.2, -0.15) is 26.3 Å². The molecule has 0 radical (unpaired) electrons. The van der Waals surface area contributed by atoms with Crippen molar-refractivity contribution in [3.05, 3.63) is 71.8 Å². The van der Waals surface area contributed by atoms with Crippen LogP contribution in [-0.4, -0.2) is 0 Å². The molecule has 0 aromatic heterocycles. The fourth-order valence-corrected chi connectivity index (χ4v) is 3.44. The molecule has 146 valence electrons. The van der Waals surface area contributed by atoms with E-state index in [4.69, 9.17) is 0 Å². The molecule has 0 fully saturated rings. The molecule has 6 heteroatoms. The van der Waals surface area contributed by atoms with Gasteiger partial charge in [0.15, 0.2) is 0 Å². The predicted molar refractivity (Wildman–Crippen MR) is 100 cm³/mol. The van der Waals surface area contributed by atoms with Gasteiger partial charge in [0.05, 0.1) is 11.1 Å². The number of hydrogen-bond donors (Lipinski definition) is 0. The summed E-state index contributed by atoms with van der Waals surface area (Å²) in [6.45, 7) is 4.00. The second kappa shape index (κ2) is 7.00. The first-order chi connectivity index (χ1) is 13.2. The molecule has 0 spiro atoms. The zero-order valence-electron chi connectivity index (χ0n) is 15.0.